The lowest BCUT2D eigenvalue weighted by molar-refractivity contribution is 0.172. The zero-order valence-corrected chi connectivity index (χ0v) is 22.7. The molecule has 9 nitrogen and oxygen atoms in total. The van der Waals surface area contributed by atoms with E-state index in [-0.39, 0.29) is 57.9 Å². The van der Waals surface area contributed by atoms with Crippen molar-refractivity contribution in [1.29, 1.82) is 0 Å². The highest BCUT2D eigenvalue weighted by molar-refractivity contribution is 7.92. The van der Waals surface area contributed by atoms with Crippen LogP contribution in [0.3, 0.4) is 0 Å². The molecule has 0 radical (unpaired) electrons. The van der Waals surface area contributed by atoms with Crippen LogP contribution in [-0.2, 0) is 16.4 Å². The monoisotopic (exact) mass is 553 g/mol. The number of halogens is 2. The SMILES string of the molecule is Cc1c(Cc2cccc(NS(=O)(=O)CCNC(C)C)c2F)c(=O)oc2cc(OC(=O)N(C)C)c(Cl)cc12. The van der Waals surface area contributed by atoms with Gasteiger partial charge >= 0.3 is 11.7 Å². The summed E-state index contributed by atoms with van der Waals surface area (Å²) in [6.07, 6.45) is -0.797. The van der Waals surface area contributed by atoms with E-state index in [1.54, 1.807) is 6.92 Å². The zero-order valence-electron chi connectivity index (χ0n) is 21.1. The number of anilines is 1. The highest BCUT2D eigenvalue weighted by Crippen LogP contribution is 2.33. The largest absolute Gasteiger partial charge is 0.422 e. The summed E-state index contributed by atoms with van der Waals surface area (Å²) in [7, 11) is -0.775. The second-order valence-electron chi connectivity index (χ2n) is 9.02. The Morgan fingerprint density at radius 3 is 2.59 bits per heavy atom. The van der Waals surface area contributed by atoms with E-state index in [0.29, 0.717) is 10.9 Å². The van der Waals surface area contributed by atoms with Crippen molar-refractivity contribution in [2.24, 2.45) is 0 Å². The molecule has 0 aliphatic rings. The van der Waals surface area contributed by atoms with Crippen LogP contribution < -0.4 is 20.4 Å². The molecule has 37 heavy (non-hydrogen) atoms. The third-order valence-corrected chi connectivity index (χ3v) is 7.10. The summed E-state index contributed by atoms with van der Waals surface area (Å²) >= 11 is 6.29. The van der Waals surface area contributed by atoms with Gasteiger partial charge in [-0.2, -0.15) is 0 Å². The first-order chi connectivity index (χ1) is 17.3. The molecule has 0 bridgehead atoms. The molecule has 0 fully saturated rings. The number of aryl methyl sites for hydroxylation is 1. The molecule has 2 aromatic carbocycles. The van der Waals surface area contributed by atoms with Crippen molar-refractivity contribution in [2.75, 3.05) is 31.1 Å². The number of nitrogens with one attached hydrogen (secondary N) is 2. The van der Waals surface area contributed by atoms with E-state index in [1.165, 1.54) is 49.3 Å². The first kappa shape index (κ1) is 28.4. The molecule has 2 N–H and O–H groups in total. The average molecular weight is 554 g/mol. The third kappa shape index (κ3) is 7.00. The Hall–Kier alpha value is -3.15. The van der Waals surface area contributed by atoms with Gasteiger partial charge in [-0.15, -0.1) is 0 Å². The number of benzene rings is 2. The second kappa shape index (κ2) is 11.5. The number of ether oxygens (including phenoxy) is 1. The zero-order chi connectivity index (χ0) is 27.5. The van der Waals surface area contributed by atoms with Crippen molar-refractivity contribution in [3.05, 3.63) is 68.3 Å². The molecule has 0 atom stereocenters. The van der Waals surface area contributed by atoms with Gasteiger partial charge in [0.1, 0.15) is 5.58 Å². The van der Waals surface area contributed by atoms with E-state index in [2.05, 4.69) is 10.0 Å². The molecule has 12 heteroatoms. The predicted molar refractivity (Wildman–Crippen MR) is 142 cm³/mol. The van der Waals surface area contributed by atoms with Crippen molar-refractivity contribution in [1.82, 2.24) is 10.2 Å². The van der Waals surface area contributed by atoms with Crippen molar-refractivity contribution < 1.29 is 26.8 Å². The number of hydrogen-bond acceptors (Lipinski definition) is 7. The standard InChI is InChI=1S/C25H29ClFN3O6S/c1-14(2)28-9-10-37(33,34)29-20-8-6-7-16(23(20)27)11-18-15(3)17-12-19(26)22(36-25(32)30(4)5)13-21(17)35-24(18)31/h6-8,12-14,28-29H,9-11H2,1-5H3. The summed E-state index contributed by atoms with van der Waals surface area (Å²) in [4.78, 5) is 25.9. The number of sulfonamides is 1. The molecule has 3 aromatic rings. The van der Waals surface area contributed by atoms with Crippen LogP contribution in [-0.4, -0.2) is 51.8 Å². The number of carbonyl (C=O) groups excluding carboxylic acids is 1. The molecule has 3 rings (SSSR count). The summed E-state index contributed by atoms with van der Waals surface area (Å²) in [5.74, 6) is -0.988. The highest BCUT2D eigenvalue weighted by Gasteiger charge is 2.20. The Kier molecular flexibility index (Phi) is 8.83. The smallest absolute Gasteiger partial charge is 0.414 e. The minimum atomic E-state index is -3.80. The number of fused-ring (bicyclic) bond motifs is 1. The van der Waals surface area contributed by atoms with Gasteiger partial charge in [-0.25, -0.2) is 22.4 Å². The number of carbonyl (C=O) groups is 1. The summed E-state index contributed by atoms with van der Waals surface area (Å²) in [5, 5.41) is 3.61. The Morgan fingerprint density at radius 1 is 1.24 bits per heavy atom. The first-order valence-electron chi connectivity index (χ1n) is 11.4. The summed E-state index contributed by atoms with van der Waals surface area (Å²) < 4.78 is 53.0. The van der Waals surface area contributed by atoms with E-state index in [4.69, 9.17) is 20.8 Å². The minimum absolute atomic E-state index is 0.0257. The van der Waals surface area contributed by atoms with Gasteiger partial charge in [0.15, 0.2) is 11.6 Å². The fraction of sp³-hybridized carbons (Fsp3) is 0.360. The molecule has 1 amide bonds. The number of hydrogen-bond donors (Lipinski definition) is 2. The van der Waals surface area contributed by atoms with Crippen molar-refractivity contribution in [2.45, 2.75) is 33.2 Å². The van der Waals surface area contributed by atoms with Crippen LogP contribution >= 0.6 is 11.6 Å². The van der Waals surface area contributed by atoms with E-state index in [0.717, 1.165) is 0 Å². The lowest BCUT2D eigenvalue weighted by Crippen LogP contribution is -2.31. The highest BCUT2D eigenvalue weighted by atomic mass is 35.5. The van der Waals surface area contributed by atoms with Gasteiger partial charge in [0.25, 0.3) is 0 Å². The third-order valence-electron chi connectivity index (χ3n) is 5.54. The summed E-state index contributed by atoms with van der Waals surface area (Å²) in [6, 6.07) is 7.25. The lowest BCUT2D eigenvalue weighted by atomic mass is 9.99. The Bertz CT molecular complexity index is 1490. The fourth-order valence-corrected chi connectivity index (χ4v) is 4.73. The van der Waals surface area contributed by atoms with E-state index in [9.17, 15) is 18.0 Å². The van der Waals surface area contributed by atoms with Gasteiger partial charge in [0.2, 0.25) is 10.0 Å². The molecule has 200 valence electrons. The van der Waals surface area contributed by atoms with Crippen LogP contribution in [0.25, 0.3) is 11.0 Å². The molecular weight excluding hydrogens is 525 g/mol. The average Bonchev–Trinajstić information content (AvgIpc) is 2.79. The number of nitrogens with zero attached hydrogens (tertiary/aromatic N) is 1. The van der Waals surface area contributed by atoms with E-state index < -0.39 is 27.6 Å². The van der Waals surface area contributed by atoms with E-state index >= 15 is 4.39 Å². The van der Waals surface area contributed by atoms with Gasteiger partial charge in [-0.1, -0.05) is 37.6 Å². The maximum Gasteiger partial charge on any atom is 0.414 e. The maximum atomic E-state index is 15.3. The molecule has 1 heterocycles. The Balaban J connectivity index is 1.92. The van der Waals surface area contributed by atoms with Crippen LogP contribution in [0.5, 0.6) is 5.75 Å². The fourth-order valence-electron chi connectivity index (χ4n) is 3.54. The number of amides is 1. The molecular formula is C25H29ClFN3O6S. The molecule has 0 aliphatic carbocycles. The van der Waals surface area contributed by atoms with Crippen molar-refractivity contribution >= 4 is 44.4 Å². The van der Waals surface area contributed by atoms with Gasteiger partial charge in [0.05, 0.1) is 16.5 Å². The van der Waals surface area contributed by atoms with Gasteiger partial charge in [-0.05, 0) is 30.2 Å². The molecule has 0 spiro atoms. The lowest BCUT2D eigenvalue weighted by Gasteiger charge is -2.14. The topological polar surface area (TPSA) is 118 Å². The molecule has 0 unspecified atom stereocenters. The van der Waals surface area contributed by atoms with Gasteiger partial charge < -0.3 is 19.4 Å². The number of rotatable bonds is 9. The van der Waals surface area contributed by atoms with Crippen LogP contribution in [0.2, 0.25) is 5.02 Å². The molecule has 0 saturated carbocycles. The van der Waals surface area contributed by atoms with Gasteiger partial charge in [0, 0.05) is 50.1 Å². The quantitative estimate of drug-likeness (QED) is 0.380. The Labute approximate surface area is 219 Å². The summed E-state index contributed by atoms with van der Waals surface area (Å²) in [6.45, 7) is 5.66. The van der Waals surface area contributed by atoms with Crippen molar-refractivity contribution in [3.63, 3.8) is 0 Å². The molecule has 1 aromatic heterocycles. The molecule has 0 aliphatic heterocycles. The van der Waals surface area contributed by atoms with Crippen LogP contribution in [0.15, 0.2) is 39.5 Å². The van der Waals surface area contributed by atoms with Crippen LogP contribution in [0.1, 0.15) is 30.5 Å². The van der Waals surface area contributed by atoms with Crippen molar-refractivity contribution in [3.8, 4) is 5.75 Å². The summed E-state index contributed by atoms with van der Waals surface area (Å²) in [5.41, 5.74) is 0.0279. The molecule has 0 saturated heterocycles. The maximum absolute atomic E-state index is 15.3. The van der Waals surface area contributed by atoms with Crippen LogP contribution in [0.4, 0.5) is 14.9 Å². The minimum Gasteiger partial charge on any atom is -0.422 e. The van der Waals surface area contributed by atoms with Gasteiger partial charge in [-0.3, -0.25) is 4.72 Å². The Morgan fingerprint density at radius 2 is 1.95 bits per heavy atom. The normalized spacial score (nSPS) is 11.7. The predicted octanol–water partition coefficient (Wildman–Crippen LogP) is 4.28. The second-order valence-corrected chi connectivity index (χ2v) is 11.3. The van der Waals surface area contributed by atoms with Crippen LogP contribution in [0, 0.1) is 12.7 Å². The van der Waals surface area contributed by atoms with E-state index in [1.807, 2.05) is 13.8 Å². The first-order valence-corrected chi connectivity index (χ1v) is 13.5.